The standard InChI is InChI=1S/C20H25F2N5O3S/c1-11-5-6-12(16(22)15(11)21)10-30-18-14(17(23)28)19(31-26-18)25-20(29)24-8-7-13-4-3-9-27(13)2/h5-6,13H,3-4,7-10H2,1-2H3,(H2,23,28)(H2,24,25,29). The van der Waals surface area contributed by atoms with Crippen LogP contribution in [-0.2, 0) is 6.61 Å². The number of nitrogens with two attached hydrogens (primary N) is 1. The van der Waals surface area contributed by atoms with Crippen molar-refractivity contribution in [3.63, 3.8) is 0 Å². The van der Waals surface area contributed by atoms with Gasteiger partial charge in [0.15, 0.2) is 11.6 Å². The first-order chi connectivity index (χ1) is 14.8. The van der Waals surface area contributed by atoms with E-state index in [4.69, 9.17) is 10.5 Å². The number of amides is 3. The van der Waals surface area contributed by atoms with Crippen LogP contribution in [0.15, 0.2) is 12.1 Å². The second-order valence-corrected chi connectivity index (χ2v) is 8.23. The van der Waals surface area contributed by atoms with Gasteiger partial charge in [0.2, 0.25) is 5.88 Å². The molecule has 2 heterocycles. The molecule has 1 aliphatic heterocycles. The number of primary amides is 1. The van der Waals surface area contributed by atoms with E-state index in [2.05, 4.69) is 27.0 Å². The lowest BCUT2D eigenvalue weighted by molar-refractivity contribution is 0.0996. The van der Waals surface area contributed by atoms with E-state index in [-0.39, 0.29) is 34.2 Å². The van der Waals surface area contributed by atoms with Gasteiger partial charge in [-0.15, -0.1) is 0 Å². The van der Waals surface area contributed by atoms with Crippen LogP contribution in [0.5, 0.6) is 5.88 Å². The first-order valence-corrected chi connectivity index (χ1v) is 10.7. The number of benzene rings is 1. The van der Waals surface area contributed by atoms with E-state index in [1.54, 1.807) is 0 Å². The summed E-state index contributed by atoms with van der Waals surface area (Å²) in [6, 6.07) is 2.76. The topological polar surface area (TPSA) is 110 Å². The molecule has 11 heteroatoms. The first kappa shape index (κ1) is 22.9. The van der Waals surface area contributed by atoms with Gasteiger partial charge in [0.25, 0.3) is 5.91 Å². The maximum Gasteiger partial charge on any atom is 0.319 e. The van der Waals surface area contributed by atoms with Crippen molar-refractivity contribution < 1.29 is 23.1 Å². The predicted octanol–water partition coefficient (Wildman–Crippen LogP) is 3.01. The van der Waals surface area contributed by atoms with E-state index in [1.165, 1.54) is 19.1 Å². The van der Waals surface area contributed by atoms with Crippen LogP contribution < -0.4 is 21.1 Å². The minimum atomic E-state index is -1.03. The number of aryl methyl sites for hydroxylation is 1. The Labute approximate surface area is 182 Å². The van der Waals surface area contributed by atoms with Gasteiger partial charge in [0.1, 0.15) is 17.2 Å². The number of nitrogens with one attached hydrogen (secondary N) is 2. The van der Waals surface area contributed by atoms with Crippen LogP contribution >= 0.6 is 11.5 Å². The molecule has 0 saturated carbocycles. The third-order valence-corrected chi connectivity index (χ3v) is 6.03. The fraction of sp³-hybridized carbons (Fsp3) is 0.450. The summed E-state index contributed by atoms with van der Waals surface area (Å²) in [5.41, 5.74) is 5.43. The normalized spacial score (nSPS) is 16.3. The van der Waals surface area contributed by atoms with E-state index in [0.717, 1.165) is 37.3 Å². The summed E-state index contributed by atoms with van der Waals surface area (Å²) in [6.07, 6.45) is 3.08. The molecule has 1 aliphatic rings. The van der Waals surface area contributed by atoms with Crippen molar-refractivity contribution in [1.29, 1.82) is 0 Å². The van der Waals surface area contributed by atoms with Crippen LogP contribution in [0.4, 0.5) is 18.6 Å². The third-order valence-electron chi connectivity index (χ3n) is 5.29. The molecule has 8 nitrogen and oxygen atoms in total. The van der Waals surface area contributed by atoms with E-state index < -0.39 is 23.6 Å². The quantitative estimate of drug-likeness (QED) is 0.569. The number of anilines is 1. The minimum Gasteiger partial charge on any atom is -0.471 e. The zero-order chi connectivity index (χ0) is 22.5. The van der Waals surface area contributed by atoms with Crippen LogP contribution in [-0.4, -0.2) is 47.4 Å². The number of hydrogen-bond donors (Lipinski definition) is 3. The second-order valence-electron chi connectivity index (χ2n) is 7.46. The van der Waals surface area contributed by atoms with Gasteiger partial charge >= 0.3 is 6.03 Å². The van der Waals surface area contributed by atoms with Gasteiger partial charge in [0.05, 0.1) is 0 Å². The van der Waals surface area contributed by atoms with E-state index in [0.29, 0.717) is 12.6 Å². The molecule has 3 rings (SSSR count). The monoisotopic (exact) mass is 453 g/mol. The van der Waals surface area contributed by atoms with E-state index in [1.807, 2.05) is 0 Å². The molecule has 1 aromatic heterocycles. The molecule has 1 fully saturated rings. The van der Waals surface area contributed by atoms with Crippen LogP contribution in [0.1, 0.15) is 40.7 Å². The van der Waals surface area contributed by atoms with Gasteiger partial charge in [-0.25, -0.2) is 13.6 Å². The van der Waals surface area contributed by atoms with E-state index in [9.17, 15) is 18.4 Å². The summed E-state index contributed by atoms with van der Waals surface area (Å²) >= 11 is 0.813. The van der Waals surface area contributed by atoms with Crippen molar-refractivity contribution in [1.82, 2.24) is 14.6 Å². The Balaban J connectivity index is 1.60. The van der Waals surface area contributed by atoms with Crippen molar-refractivity contribution in [2.45, 2.75) is 38.8 Å². The van der Waals surface area contributed by atoms with Crippen LogP contribution in [0.3, 0.4) is 0 Å². The number of carbonyl (C=O) groups excluding carboxylic acids is 2. The Bertz CT molecular complexity index is 969. The fourth-order valence-corrected chi connectivity index (χ4v) is 4.20. The molecular weight excluding hydrogens is 428 g/mol. The average Bonchev–Trinajstić information content (AvgIpc) is 3.31. The number of rotatable bonds is 8. The van der Waals surface area contributed by atoms with Crippen molar-refractivity contribution in [3.8, 4) is 5.88 Å². The lowest BCUT2D eigenvalue weighted by Gasteiger charge is -2.19. The smallest absolute Gasteiger partial charge is 0.319 e. The Hall–Kier alpha value is -2.79. The highest BCUT2D eigenvalue weighted by Crippen LogP contribution is 2.31. The average molecular weight is 454 g/mol. The van der Waals surface area contributed by atoms with Gasteiger partial charge in [-0.1, -0.05) is 12.1 Å². The largest absolute Gasteiger partial charge is 0.471 e. The summed E-state index contributed by atoms with van der Waals surface area (Å²) in [6.45, 7) is 2.63. The second kappa shape index (κ2) is 10.0. The highest BCUT2D eigenvalue weighted by molar-refractivity contribution is 7.11. The van der Waals surface area contributed by atoms with Gasteiger partial charge in [-0.2, -0.15) is 4.37 Å². The van der Waals surface area contributed by atoms with Crippen molar-refractivity contribution >= 4 is 28.5 Å². The summed E-state index contributed by atoms with van der Waals surface area (Å²) in [4.78, 5) is 26.4. The Morgan fingerprint density at radius 2 is 2.13 bits per heavy atom. The van der Waals surface area contributed by atoms with Crippen LogP contribution in [0, 0.1) is 18.6 Å². The lowest BCUT2D eigenvalue weighted by Crippen LogP contribution is -2.34. The highest BCUT2D eigenvalue weighted by atomic mass is 32.1. The SMILES string of the molecule is Cc1ccc(COc2nsc(NC(=O)NCCC3CCCN3C)c2C(N)=O)c(F)c1F. The molecule has 4 N–H and O–H groups in total. The number of hydrogen-bond acceptors (Lipinski definition) is 6. The molecule has 31 heavy (non-hydrogen) atoms. The third kappa shape index (κ3) is 5.47. The van der Waals surface area contributed by atoms with E-state index >= 15 is 0 Å². The zero-order valence-electron chi connectivity index (χ0n) is 17.3. The number of urea groups is 1. The van der Waals surface area contributed by atoms with Gasteiger partial charge in [-0.3, -0.25) is 10.1 Å². The van der Waals surface area contributed by atoms with Gasteiger partial charge in [0, 0.05) is 18.2 Å². The molecular formula is C20H25F2N5O3S. The molecule has 1 unspecified atom stereocenters. The fourth-order valence-electron chi connectivity index (χ4n) is 3.46. The van der Waals surface area contributed by atoms with Gasteiger partial charge < -0.3 is 20.7 Å². The maximum absolute atomic E-state index is 14.0. The Morgan fingerprint density at radius 3 is 2.81 bits per heavy atom. The molecule has 168 valence electrons. The number of carbonyl (C=O) groups is 2. The number of ether oxygens (including phenoxy) is 1. The molecule has 0 radical (unpaired) electrons. The summed E-state index contributed by atoms with van der Waals surface area (Å²) in [7, 11) is 2.06. The number of nitrogens with zero attached hydrogens (tertiary/aromatic N) is 2. The van der Waals surface area contributed by atoms with Crippen molar-refractivity contribution in [3.05, 3.63) is 40.5 Å². The molecule has 0 bridgehead atoms. The molecule has 0 spiro atoms. The molecule has 2 aromatic rings. The highest BCUT2D eigenvalue weighted by Gasteiger charge is 2.23. The number of aromatic nitrogens is 1. The molecule has 0 aliphatic carbocycles. The Kier molecular flexibility index (Phi) is 7.39. The minimum absolute atomic E-state index is 0.0318. The molecule has 3 amide bonds. The predicted molar refractivity (Wildman–Crippen MR) is 113 cm³/mol. The zero-order valence-corrected chi connectivity index (χ0v) is 18.2. The van der Waals surface area contributed by atoms with Crippen molar-refractivity contribution in [2.24, 2.45) is 5.73 Å². The Morgan fingerprint density at radius 1 is 1.35 bits per heavy atom. The first-order valence-electron chi connectivity index (χ1n) is 9.88. The molecule has 1 atom stereocenters. The van der Waals surface area contributed by atoms with Crippen LogP contribution in [0.25, 0.3) is 0 Å². The molecule has 1 saturated heterocycles. The lowest BCUT2D eigenvalue weighted by atomic mass is 10.1. The summed E-state index contributed by atoms with van der Waals surface area (Å²) in [5, 5.41) is 5.42. The molecule has 1 aromatic carbocycles. The van der Waals surface area contributed by atoms with Gasteiger partial charge in [-0.05, 0) is 56.9 Å². The van der Waals surface area contributed by atoms with Crippen LogP contribution in [0.2, 0.25) is 0 Å². The number of halogens is 2. The maximum atomic E-state index is 14.0. The number of likely N-dealkylation sites (tertiary alicyclic amines) is 1. The summed E-state index contributed by atoms with van der Waals surface area (Å²) in [5.74, 6) is -3.00. The summed E-state index contributed by atoms with van der Waals surface area (Å²) < 4.78 is 37.1. The van der Waals surface area contributed by atoms with Crippen molar-refractivity contribution in [2.75, 3.05) is 25.5 Å².